The van der Waals surface area contributed by atoms with Crippen molar-refractivity contribution < 1.29 is 9.21 Å². The molecule has 3 rings (SSSR count). The molecule has 0 aliphatic carbocycles. The molecule has 3 nitrogen and oxygen atoms in total. The van der Waals surface area contributed by atoms with Crippen molar-refractivity contribution in [1.29, 1.82) is 0 Å². The van der Waals surface area contributed by atoms with Crippen molar-refractivity contribution in [1.82, 2.24) is 5.32 Å². The lowest BCUT2D eigenvalue weighted by atomic mass is 10.0. The number of fused-ring (bicyclic) bond motifs is 1. The number of furan rings is 1. The number of benzene rings is 1. The predicted molar refractivity (Wildman–Crippen MR) is 73.6 cm³/mol. The maximum absolute atomic E-state index is 12.1. The van der Waals surface area contributed by atoms with Gasteiger partial charge in [0.05, 0.1) is 16.8 Å². The largest absolute Gasteiger partial charge is 0.463 e. The van der Waals surface area contributed by atoms with Crippen LogP contribution in [0.5, 0.6) is 0 Å². The number of nitrogens with one attached hydrogen (secondary N) is 1. The van der Waals surface area contributed by atoms with E-state index in [-0.39, 0.29) is 11.8 Å². The Morgan fingerprint density at radius 3 is 3.17 bits per heavy atom. The second-order valence-corrected chi connectivity index (χ2v) is 5.56. The summed E-state index contributed by atoms with van der Waals surface area (Å²) in [6.45, 7) is 0.959. The molecule has 0 radical (unpaired) electrons. The zero-order valence-corrected chi connectivity index (χ0v) is 11.5. The minimum atomic E-state index is 0.0452. The summed E-state index contributed by atoms with van der Waals surface area (Å²) in [7, 11) is 0. The van der Waals surface area contributed by atoms with Gasteiger partial charge in [0.15, 0.2) is 5.78 Å². The maximum Gasteiger partial charge on any atom is 0.154 e. The van der Waals surface area contributed by atoms with E-state index in [1.807, 2.05) is 18.2 Å². The minimum absolute atomic E-state index is 0.0452. The van der Waals surface area contributed by atoms with E-state index in [0.717, 1.165) is 40.4 Å². The predicted octanol–water partition coefficient (Wildman–Crippen LogP) is 3.06. The molecule has 18 heavy (non-hydrogen) atoms. The van der Waals surface area contributed by atoms with E-state index >= 15 is 0 Å². The van der Waals surface area contributed by atoms with Crippen LogP contribution in [-0.2, 0) is 11.2 Å². The van der Waals surface area contributed by atoms with Crippen LogP contribution in [0.15, 0.2) is 33.4 Å². The molecule has 1 aromatic heterocycles. The van der Waals surface area contributed by atoms with Crippen LogP contribution in [-0.4, -0.2) is 18.4 Å². The summed E-state index contributed by atoms with van der Waals surface area (Å²) in [5.41, 5.74) is 1.87. The lowest BCUT2D eigenvalue weighted by Crippen LogP contribution is -2.31. The topological polar surface area (TPSA) is 42.2 Å². The van der Waals surface area contributed by atoms with Crippen molar-refractivity contribution in [3.05, 3.63) is 34.5 Å². The van der Waals surface area contributed by atoms with Crippen molar-refractivity contribution in [3.63, 3.8) is 0 Å². The molecular weight excluding hydrogens is 294 g/mol. The Balaban J connectivity index is 1.83. The third kappa shape index (κ3) is 2.22. The number of hydrogen-bond donors (Lipinski definition) is 1. The summed E-state index contributed by atoms with van der Waals surface area (Å²) in [4.78, 5) is 12.1. The molecule has 0 bridgehead atoms. The van der Waals surface area contributed by atoms with Gasteiger partial charge in [-0.3, -0.25) is 4.79 Å². The Morgan fingerprint density at radius 2 is 2.39 bits per heavy atom. The number of rotatable bonds is 3. The van der Waals surface area contributed by atoms with E-state index in [1.54, 1.807) is 6.26 Å². The van der Waals surface area contributed by atoms with Crippen molar-refractivity contribution >= 4 is 32.7 Å². The van der Waals surface area contributed by atoms with Crippen molar-refractivity contribution in [3.8, 4) is 0 Å². The Hall–Kier alpha value is -1.13. The van der Waals surface area contributed by atoms with E-state index in [2.05, 4.69) is 21.2 Å². The average molecular weight is 308 g/mol. The Bertz CT molecular complexity index is 584. The summed E-state index contributed by atoms with van der Waals surface area (Å²) in [5, 5.41) is 4.28. The highest BCUT2D eigenvalue weighted by atomic mass is 79.9. The van der Waals surface area contributed by atoms with Gasteiger partial charge in [-0.25, -0.2) is 0 Å². The van der Waals surface area contributed by atoms with Gasteiger partial charge in [0, 0.05) is 11.8 Å². The van der Waals surface area contributed by atoms with Gasteiger partial charge in [0.25, 0.3) is 0 Å². The van der Waals surface area contributed by atoms with Crippen LogP contribution in [0, 0.1) is 0 Å². The molecule has 1 aromatic carbocycles. The molecule has 2 aromatic rings. The maximum atomic E-state index is 12.1. The summed E-state index contributed by atoms with van der Waals surface area (Å²) in [6.07, 6.45) is 4.21. The van der Waals surface area contributed by atoms with Gasteiger partial charge in [-0.1, -0.05) is 0 Å². The van der Waals surface area contributed by atoms with Crippen LogP contribution in [0.2, 0.25) is 0 Å². The molecule has 0 amide bonds. The molecule has 4 heteroatoms. The third-order valence-electron chi connectivity index (χ3n) is 3.39. The fourth-order valence-electron chi connectivity index (χ4n) is 2.48. The summed E-state index contributed by atoms with van der Waals surface area (Å²) in [6, 6.07) is 5.96. The molecular formula is C14H14BrNO2. The highest BCUT2D eigenvalue weighted by molar-refractivity contribution is 9.10. The van der Waals surface area contributed by atoms with Gasteiger partial charge in [0.2, 0.25) is 0 Å². The summed E-state index contributed by atoms with van der Waals surface area (Å²) >= 11 is 3.48. The SMILES string of the molecule is O=C(Cc1cc(Br)c2occc2c1)[C@@H]1CCCN1. The van der Waals surface area contributed by atoms with E-state index in [4.69, 9.17) is 4.42 Å². The fraction of sp³-hybridized carbons (Fsp3) is 0.357. The van der Waals surface area contributed by atoms with Crippen LogP contribution in [0.1, 0.15) is 18.4 Å². The molecule has 0 spiro atoms. The lowest BCUT2D eigenvalue weighted by Gasteiger charge is -2.09. The zero-order chi connectivity index (χ0) is 12.5. The second-order valence-electron chi connectivity index (χ2n) is 4.71. The lowest BCUT2D eigenvalue weighted by molar-refractivity contribution is -0.120. The average Bonchev–Trinajstić information content (AvgIpc) is 2.99. The second kappa shape index (κ2) is 4.86. The summed E-state index contributed by atoms with van der Waals surface area (Å²) in [5.74, 6) is 0.280. The third-order valence-corrected chi connectivity index (χ3v) is 3.98. The van der Waals surface area contributed by atoms with Crippen molar-refractivity contribution in [2.75, 3.05) is 6.54 Å². The van der Waals surface area contributed by atoms with Crippen molar-refractivity contribution in [2.24, 2.45) is 0 Å². The number of ketones is 1. The van der Waals surface area contributed by atoms with E-state index < -0.39 is 0 Å². The number of Topliss-reactive ketones (excluding diaryl/α,β-unsaturated/α-hetero) is 1. The number of halogens is 1. The van der Waals surface area contributed by atoms with Crippen molar-refractivity contribution in [2.45, 2.75) is 25.3 Å². The smallest absolute Gasteiger partial charge is 0.154 e. The molecule has 1 aliphatic rings. The van der Waals surface area contributed by atoms with Gasteiger partial charge in [-0.2, -0.15) is 0 Å². The molecule has 2 heterocycles. The molecule has 0 unspecified atom stereocenters. The van der Waals surface area contributed by atoms with E-state index in [0.29, 0.717) is 6.42 Å². The molecule has 0 saturated carbocycles. The highest BCUT2D eigenvalue weighted by Gasteiger charge is 2.22. The quantitative estimate of drug-likeness (QED) is 0.947. The van der Waals surface area contributed by atoms with Crippen LogP contribution < -0.4 is 5.32 Å². The van der Waals surface area contributed by atoms with Gasteiger partial charge < -0.3 is 9.73 Å². The first-order valence-corrected chi connectivity index (χ1v) is 6.95. The van der Waals surface area contributed by atoms with Gasteiger partial charge >= 0.3 is 0 Å². The van der Waals surface area contributed by atoms with Crippen LogP contribution >= 0.6 is 15.9 Å². The Kier molecular flexibility index (Phi) is 3.22. The van der Waals surface area contributed by atoms with Gasteiger partial charge in [-0.05, 0) is 59.1 Å². The Morgan fingerprint density at radius 1 is 1.50 bits per heavy atom. The fourth-order valence-corrected chi connectivity index (χ4v) is 3.10. The van der Waals surface area contributed by atoms with Gasteiger partial charge in [-0.15, -0.1) is 0 Å². The first-order chi connectivity index (χ1) is 8.74. The zero-order valence-electron chi connectivity index (χ0n) is 9.91. The first kappa shape index (κ1) is 11.9. The molecule has 1 N–H and O–H groups in total. The highest BCUT2D eigenvalue weighted by Crippen LogP contribution is 2.27. The number of hydrogen-bond acceptors (Lipinski definition) is 3. The monoisotopic (exact) mass is 307 g/mol. The normalized spacial score (nSPS) is 19.5. The standard InChI is InChI=1S/C14H14BrNO2/c15-11-7-9(6-10-3-5-18-14(10)11)8-13(17)12-2-1-4-16-12/h3,5-7,12,16H,1-2,4,8H2/t12-/m0/s1. The van der Waals surface area contributed by atoms with Crippen LogP contribution in [0.4, 0.5) is 0 Å². The molecule has 1 aliphatic heterocycles. The minimum Gasteiger partial charge on any atom is -0.463 e. The molecule has 1 saturated heterocycles. The molecule has 1 atom stereocenters. The Labute approximate surface area is 114 Å². The molecule has 1 fully saturated rings. The van der Waals surface area contributed by atoms with E-state index in [9.17, 15) is 4.79 Å². The van der Waals surface area contributed by atoms with Crippen LogP contribution in [0.25, 0.3) is 11.0 Å². The van der Waals surface area contributed by atoms with Gasteiger partial charge in [0.1, 0.15) is 5.58 Å². The van der Waals surface area contributed by atoms with Crippen LogP contribution in [0.3, 0.4) is 0 Å². The molecule has 94 valence electrons. The summed E-state index contributed by atoms with van der Waals surface area (Å²) < 4.78 is 6.27. The first-order valence-electron chi connectivity index (χ1n) is 6.16. The number of carbonyl (C=O) groups is 1. The number of carbonyl (C=O) groups excluding carboxylic acids is 1. The van der Waals surface area contributed by atoms with E-state index in [1.165, 1.54) is 0 Å².